The van der Waals surface area contributed by atoms with E-state index in [1.54, 1.807) is 29.2 Å². The molecular formula is C15H17ClN3O3+. The predicted octanol–water partition coefficient (Wildman–Crippen LogP) is -0.671. The molecule has 2 heterocycles. The molecule has 1 N–H and O–H groups in total. The molecule has 22 heavy (non-hydrogen) atoms. The molecule has 0 spiro atoms. The van der Waals surface area contributed by atoms with Gasteiger partial charge in [-0.05, 0) is 24.3 Å². The van der Waals surface area contributed by atoms with E-state index in [0.29, 0.717) is 36.9 Å². The molecule has 7 heteroatoms. The van der Waals surface area contributed by atoms with Gasteiger partial charge in [-0.15, -0.1) is 0 Å². The van der Waals surface area contributed by atoms with Gasteiger partial charge in [0.2, 0.25) is 12.3 Å². The summed E-state index contributed by atoms with van der Waals surface area (Å²) < 4.78 is 0. The van der Waals surface area contributed by atoms with Gasteiger partial charge in [-0.25, -0.2) is 4.90 Å². The average molecular weight is 323 g/mol. The molecular weight excluding hydrogens is 306 g/mol. The number of anilines is 1. The molecule has 3 amide bonds. The van der Waals surface area contributed by atoms with Gasteiger partial charge >= 0.3 is 0 Å². The van der Waals surface area contributed by atoms with E-state index in [4.69, 9.17) is 11.6 Å². The topological polar surface area (TPSA) is 62.1 Å². The third-order valence-electron chi connectivity index (χ3n) is 4.31. The Morgan fingerprint density at radius 3 is 2.36 bits per heavy atom. The van der Waals surface area contributed by atoms with Crippen molar-refractivity contribution in [3.63, 3.8) is 0 Å². The molecule has 1 aromatic rings. The van der Waals surface area contributed by atoms with Gasteiger partial charge in [0.1, 0.15) is 0 Å². The second-order valence-corrected chi connectivity index (χ2v) is 6.04. The number of carbonyl (C=O) groups is 3. The molecule has 6 nitrogen and oxygen atoms in total. The van der Waals surface area contributed by atoms with Crippen LogP contribution in [0.25, 0.3) is 0 Å². The summed E-state index contributed by atoms with van der Waals surface area (Å²) in [5.74, 6) is -0.343. The molecule has 2 aliphatic rings. The highest BCUT2D eigenvalue weighted by Crippen LogP contribution is 2.23. The SMILES string of the molecule is O=CN1CC[NH+]([C@H]2CC(=O)N(c3ccc(Cl)cc3)C2=O)CC1. The Hall–Kier alpha value is -1.92. The van der Waals surface area contributed by atoms with Gasteiger partial charge in [-0.1, -0.05) is 11.6 Å². The van der Waals surface area contributed by atoms with Gasteiger partial charge in [-0.3, -0.25) is 14.4 Å². The van der Waals surface area contributed by atoms with Gasteiger partial charge in [0, 0.05) is 5.02 Å². The maximum Gasteiger partial charge on any atom is 0.292 e. The number of halogens is 1. The van der Waals surface area contributed by atoms with E-state index in [0.717, 1.165) is 11.3 Å². The third-order valence-corrected chi connectivity index (χ3v) is 4.57. The van der Waals surface area contributed by atoms with E-state index in [2.05, 4.69) is 0 Å². The summed E-state index contributed by atoms with van der Waals surface area (Å²) >= 11 is 5.84. The van der Waals surface area contributed by atoms with Crippen LogP contribution in [-0.4, -0.2) is 55.3 Å². The van der Waals surface area contributed by atoms with Crippen molar-refractivity contribution in [2.75, 3.05) is 31.1 Å². The number of hydrogen-bond acceptors (Lipinski definition) is 3. The maximum atomic E-state index is 12.6. The molecule has 1 atom stereocenters. The fourth-order valence-electron chi connectivity index (χ4n) is 3.08. The summed E-state index contributed by atoms with van der Waals surface area (Å²) in [4.78, 5) is 39.6. The Kier molecular flexibility index (Phi) is 4.13. The van der Waals surface area contributed by atoms with E-state index in [1.807, 2.05) is 0 Å². The number of nitrogens with one attached hydrogen (secondary N) is 1. The predicted molar refractivity (Wildman–Crippen MR) is 80.7 cm³/mol. The zero-order valence-corrected chi connectivity index (χ0v) is 12.8. The van der Waals surface area contributed by atoms with Crippen molar-refractivity contribution >= 4 is 35.5 Å². The summed E-state index contributed by atoms with van der Waals surface area (Å²) in [5.41, 5.74) is 0.563. The van der Waals surface area contributed by atoms with Gasteiger partial charge in [0.05, 0.1) is 38.3 Å². The van der Waals surface area contributed by atoms with Gasteiger partial charge in [0.25, 0.3) is 5.91 Å². The van der Waals surface area contributed by atoms with Crippen LogP contribution < -0.4 is 9.80 Å². The Balaban J connectivity index is 1.74. The second-order valence-electron chi connectivity index (χ2n) is 5.60. The first-order valence-electron chi connectivity index (χ1n) is 7.26. The number of hydrogen-bond donors (Lipinski definition) is 1. The average Bonchev–Trinajstić information content (AvgIpc) is 2.83. The number of amides is 3. The lowest BCUT2D eigenvalue weighted by atomic mass is 10.2. The van der Waals surface area contributed by atoms with Crippen LogP contribution in [0.5, 0.6) is 0 Å². The second kappa shape index (κ2) is 6.06. The van der Waals surface area contributed by atoms with Crippen LogP contribution in [0.4, 0.5) is 5.69 Å². The largest absolute Gasteiger partial charge is 0.334 e. The van der Waals surface area contributed by atoms with Crippen LogP contribution in [0.2, 0.25) is 5.02 Å². The minimum absolute atomic E-state index is 0.165. The number of benzene rings is 1. The third kappa shape index (κ3) is 2.71. The van der Waals surface area contributed by atoms with Crippen LogP contribution in [0.3, 0.4) is 0 Å². The fraction of sp³-hybridized carbons (Fsp3) is 0.400. The van der Waals surface area contributed by atoms with Crippen molar-refractivity contribution in [3.05, 3.63) is 29.3 Å². The molecule has 0 unspecified atom stereocenters. The zero-order valence-electron chi connectivity index (χ0n) is 12.0. The monoisotopic (exact) mass is 322 g/mol. The zero-order chi connectivity index (χ0) is 15.7. The van der Waals surface area contributed by atoms with E-state index in [-0.39, 0.29) is 24.3 Å². The molecule has 1 aromatic carbocycles. The number of quaternary nitrogens is 1. The first-order chi connectivity index (χ1) is 10.6. The number of rotatable bonds is 3. The van der Waals surface area contributed by atoms with Crippen LogP contribution in [0.15, 0.2) is 24.3 Å². The number of piperazine rings is 1. The highest BCUT2D eigenvalue weighted by molar-refractivity contribution is 6.30. The van der Waals surface area contributed by atoms with Crippen LogP contribution in [0.1, 0.15) is 6.42 Å². The molecule has 116 valence electrons. The quantitative estimate of drug-likeness (QED) is 0.593. The summed E-state index contributed by atoms with van der Waals surface area (Å²) in [6.45, 7) is 2.63. The smallest absolute Gasteiger partial charge is 0.292 e. The van der Waals surface area contributed by atoms with Crippen molar-refractivity contribution in [3.8, 4) is 0 Å². The molecule has 0 radical (unpaired) electrons. The van der Waals surface area contributed by atoms with E-state index in [9.17, 15) is 14.4 Å². The van der Waals surface area contributed by atoms with Gasteiger partial charge in [0.15, 0.2) is 6.04 Å². The standard InChI is InChI=1S/C15H16ClN3O3/c16-11-1-3-12(4-2-11)19-14(21)9-13(15(19)22)18-7-5-17(10-20)6-8-18/h1-4,10,13H,5-9H2/p+1/t13-/m0/s1. The van der Waals surface area contributed by atoms with Gasteiger partial charge in [-0.2, -0.15) is 0 Å². The summed E-state index contributed by atoms with van der Waals surface area (Å²) in [6, 6.07) is 6.35. The lowest BCUT2D eigenvalue weighted by Crippen LogP contribution is -3.19. The molecule has 0 aromatic heterocycles. The Labute approximate surface area is 133 Å². The first-order valence-corrected chi connectivity index (χ1v) is 7.64. The Morgan fingerprint density at radius 1 is 1.14 bits per heavy atom. The number of carbonyl (C=O) groups excluding carboxylic acids is 3. The van der Waals surface area contributed by atoms with Crippen molar-refractivity contribution in [2.45, 2.75) is 12.5 Å². The minimum atomic E-state index is -0.350. The summed E-state index contributed by atoms with van der Waals surface area (Å²) in [5, 5.41) is 0.565. The normalized spacial score (nSPS) is 23.2. The van der Waals surface area contributed by atoms with E-state index >= 15 is 0 Å². The molecule has 2 aliphatic heterocycles. The maximum absolute atomic E-state index is 12.6. The van der Waals surface area contributed by atoms with Gasteiger partial charge < -0.3 is 9.80 Å². The summed E-state index contributed by atoms with van der Waals surface area (Å²) in [6.07, 6.45) is 1.05. The molecule has 3 rings (SSSR count). The van der Waals surface area contributed by atoms with E-state index in [1.165, 1.54) is 4.90 Å². The van der Waals surface area contributed by atoms with Crippen LogP contribution in [0, 0.1) is 0 Å². The van der Waals surface area contributed by atoms with Crippen molar-refractivity contribution in [1.29, 1.82) is 0 Å². The molecule has 2 fully saturated rings. The summed E-state index contributed by atoms with van der Waals surface area (Å²) in [7, 11) is 0. The molecule has 0 saturated carbocycles. The first kappa shape index (κ1) is 15.0. The molecule has 0 bridgehead atoms. The lowest BCUT2D eigenvalue weighted by molar-refractivity contribution is -0.918. The Morgan fingerprint density at radius 2 is 1.77 bits per heavy atom. The van der Waals surface area contributed by atoms with Crippen molar-refractivity contribution in [2.24, 2.45) is 0 Å². The fourth-order valence-corrected chi connectivity index (χ4v) is 3.20. The number of nitrogens with zero attached hydrogens (tertiary/aromatic N) is 2. The van der Waals surface area contributed by atoms with E-state index < -0.39 is 0 Å². The highest BCUT2D eigenvalue weighted by atomic mass is 35.5. The molecule has 0 aliphatic carbocycles. The van der Waals surface area contributed by atoms with Crippen LogP contribution in [-0.2, 0) is 14.4 Å². The number of imide groups is 1. The minimum Gasteiger partial charge on any atom is -0.334 e. The highest BCUT2D eigenvalue weighted by Gasteiger charge is 2.46. The van der Waals surface area contributed by atoms with Crippen molar-refractivity contribution < 1.29 is 19.3 Å². The van der Waals surface area contributed by atoms with Crippen LogP contribution >= 0.6 is 11.6 Å². The van der Waals surface area contributed by atoms with Crippen molar-refractivity contribution in [1.82, 2.24) is 4.90 Å². The molecule has 2 saturated heterocycles. The lowest BCUT2D eigenvalue weighted by Gasteiger charge is -2.32. The Bertz CT molecular complexity index is 597.